The number of hydrogen-bond donors (Lipinski definition) is 0. The van der Waals surface area contributed by atoms with Crippen molar-refractivity contribution in [3.8, 4) is 12.1 Å². The zero-order chi connectivity index (χ0) is 13.2. The van der Waals surface area contributed by atoms with Gasteiger partial charge in [0.15, 0.2) is 11.4 Å². The molecule has 6 nitrogen and oxygen atoms in total. The van der Waals surface area contributed by atoms with E-state index in [1.54, 1.807) is 10.9 Å². The quantitative estimate of drug-likeness (QED) is 0.787. The summed E-state index contributed by atoms with van der Waals surface area (Å²) in [6.07, 6.45) is 4.66. The Hall–Kier alpha value is -1.89. The first kappa shape index (κ1) is 12.2. The van der Waals surface area contributed by atoms with Gasteiger partial charge in [-0.2, -0.15) is 10.5 Å². The van der Waals surface area contributed by atoms with Gasteiger partial charge in [-0.1, -0.05) is 0 Å². The van der Waals surface area contributed by atoms with E-state index < -0.39 is 0 Å². The number of likely N-dealkylation sites (tertiary alicyclic amines) is 1. The highest BCUT2D eigenvalue weighted by atomic mass is 16.5. The lowest BCUT2D eigenvalue weighted by molar-refractivity contribution is -0.0390. The molecule has 0 aromatic carbocycles. The number of rotatable bonds is 3. The van der Waals surface area contributed by atoms with E-state index in [0.717, 1.165) is 32.5 Å². The number of morpholine rings is 1. The van der Waals surface area contributed by atoms with Gasteiger partial charge in [0, 0.05) is 26.2 Å². The second kappa shape index (κ2) is 5.00. The highest BCUT2D eigenvalue weighted by molar-refractivity contribution is 5.35. The molecule has 6 heteroatoms. The minimum absolute atomic E-state index is 0.213. The Kier molecular flexibility index (Phi) is 3.20. The highest BCUT2D eigenvalue weighted by Gasteiger charge is 2.33. The molecule has 19 heavy (non-hydrogen) atoms. The fraction of sp³-hybridized carbons (Fsp3) is 0.615. The molecule has 2 aliphatic heterocycles. The summed E-state index contributed by atoms with van der Waals surface area (Å²) in [6.45, 7) is 3.50. The molecule has 2 aliphatic rings. The number of ether oxygens (including phenoxy) is 1. The number of nitriles is 2. The van der Waals surface area contributed by atoms with Gasteiger partial charge in [0.2, 0.25) is 0 Å². The van der Waals surface area contributed by atoms with Crippen molar-refractivity contribution in [3.05, 3.63) is 17.7 Å². The van der Waals surface area contributed by atoms with E-state index >= 15 is 0 Å². The van der Waals surface area contributed by atoms with E-state index in [1.165, 1.54) is 0 Å². The zero-order valence-corrected chi connectivity index (χ0v) is 10.6. The fourth-order valence-electron chi connectivity index (χ4n) is 2.88. The maximum absolute atomic E-state index is 9.05. The average Bonchev–Trinajstić information content (AvgIpc) is 2.99. The molecule has 0 saturated carbocycles. The van der Waals surface area contributed by atoms with Crippen LogP contribution < -0.4 is 0 Å². The van der Waals surface area contributed by atoms with Crippen molar-refractivity contribution >= 4 is 0 Å². The van der Waals surface area contributed by atoms with Crippen molar-refractivity contribution in [3.63, 3.8) is 0 Å². The third-order valence-corrected chi connectivity index (χ3v) is 3.83. The van der Waals surface area contributed by atoms with Crippen molar-refractivity contribution in [1.29, 1.82) is 10.5 Å². The third-order valence-electron chi connectivity index (χ3n) is 3.83. The Morgan fingerprint density at radius 1 is 1.21 bits per heavy atom. The van der Waals surface area contributed by atoms with Crippen molar-refractivity contribution in [2.24, 2.45) is 0 Å². The predicted molar refractivity (Wildman–Crippen MR) is 66.0 cm³/mol. The first-order valence-corrected chi connectivity index (χ1v) is 6.53. The summed E-state index contributed by atoms with van der Waals surface area (Å²) in [4.78, 5) is 6.32. The molecule has 2 atom stereocenters. The number of fused-ring (bicyclic) bond motifs is 2. The van der Waals surface area contributed by atoms with Crippen molar-refractivity contribution in [1.82, 2.24) is 14.5 Å². The molecular formula is C13H15N5O. The molecule has 2 bridgehead atoms. The standard InChI is InChI=1S/C13H15N5O/c14-5-12-13(6-15)18(9-16-12)4-3-17-7-10-1-2-11(8-17)19-10/h9-11H,1-4,7-8H2. The van der Waals surface area contributed by atoms with Crippen LogP contribution >= 0.6 is 0 Å². The fourth-order valence-corrected chi connectivity index (χ4v) is 2.88. The molecule has 0 N–H and O–H groups in total. The van der Waals surface area contributed by atoms with Crippen LogP contribution in [0, 0.1) is 22.7 Å². The van der Waals surface area contributed by atoms with Crippen LogP contribution in [0.15, 0.2) is 6.33 Å². The minimum Gasteiger partial charge on any atom is -0.372 e. The molecule has 3 heterocycles. The van der Waals surface area contributed by atoms with Crippen LogP contribution in [0.1, 0.15) is 24.2 Å². The molecule has 0 amide bonds. The zero-order valence-electron chi connectivity index (χ0n) is 10.6. The highest BCUT2D eigenvalue weighted by Crippen LogP contribution is 2.26. The molecule has 2 fully saturated rings. The molecule has 98 valence electrons. The van der Waals surface area contributed by atoms with Gasteiger partial charge in [-0.3, -0.25) is 4.90 Å². The van der Waals surface area contributed by atoms with E-state index in [4.69, 9.17) is 15.3 Å². The molecule has 0 aliphatic carbocycles. The minimum atomic E-state index is 0.213. The van der Waals surface area contributed by atoms with Crippen molar-refractivity contribution < 1.29 is 4.74 Å². The van der Waals surface area contributed by atoms with E-state index in [2.05, 4.69) is 9.88 Å². The third kappa shape index (κ3) is 2.33. The van der Waals surface area contributed by atoms with Gasteiger partial charge in [0.05, 0.1) is 18.5 Å². The Labute approximate surface area is 111 Å². The molecule has 2 saturated heterocycles. The Balaban J connectivity index is 1.62. The maximum Gasteiger partial charge on any atom is 0.176 e. The van der Waals surface area contributed by atoms with Gasteiger partial charge in [0.1, 0.15) is 12.1 Å². The number of imidazole rings is 1. The van der Waals surface area contributed by atoms with E-state index in [-0.39, 0.29) is 5.69 Å². The van der Waals surface area contributed by atoms with Crippen molar-refractivity contribution in [2.45, 2.75) is 31.6 Å². The van der Waals surface area contributed by atoms with Crippen LogP contribution in [0.5, 0.6) is 0 Å². The Morgan fingerprint density at radius 3 is 2.58 bits per heavy atom. The van der Waals surface area contributed by atoms with E-state index in [9.17, 15) is 0 Å². The van der Waals surface area contributed by atoms with E-state index in [1.807, 2.05) is 12.1 Å². The number of nitrogens with zero attached hydrogens (tertiary/aromatic N) is 5. The maximum atomic E-state index is 9.05. The number of aromatic nitrogens is 2. The molecule has 1 aromatic rings. The normalized spacial score (nSPS) is 26.0. The van der Waals surface area contributed by atoms with Gasteiger partial charge < -0.3 is 9.30 Å². The molecule has 2 unspecified atom stereocenters. The predicted octanol–water partition coefficient (Wildman–Crippen LogP) is 0.490. The topological polar surface area (TPSA) is 77.9 Å². The molecule has 0 spiro atoms. The number of hydrogen-bond acceptors (Lipinski definition) is 5. The van der Waals surface area contributed by atoms with Crippen LogP contribution in [-0.4, -0.2) is 46.3 Å². The molecular weight excluding hydrogens is 242 g/mol. The summed E-state index contributed by atoms with van der Waals surface area (Å²) in [6, 6.07) is 3.99. The van der Waals surface area contributed by atoms with E-state index in [0.29, 0.717) is 24.4 Å². The first-order chi connectivity index (χ1) is 9.30. The summed E-state index contributed by atoms with van der Waals surface area (Å²) in [7, 11) is 0. The second-order valence-corrected chi connectivity index (χ2v) is 5.08. The van der Waals surface area contributed by atoms with Crippen LogP contribution in [0.2, 0.25) is 0 Å². The SMILES string of the molecule is N#Cc1ncn(CCN2CC3CCC(C2)O3)c1C#N. The van der Waals surface area contributed by atoms with Gasteiger partial charge in [-0.15, -0.1) is 0 Å². The summed E-state index contributed by atoms with van der Waals surface area (Å²) in [5, 5.41) is 17.9. The van der Waals surface area contributed by atoms with Gasteiger partial charge in [-0.05, 0) is 12.8 Å². The Bertz CT molecular complexity index is 540. The van der Waals surface area contributed by atoms with Crippen molar-refractivity contribution in [2.75, 3.05) is 19.6 Å². The monoisotopic (exact) mass is 257 g/mol. The molecule has 0 radical (unpaired) electrons. The van der Waals surface area contributed by atoms with Crippen LogP contribution in [0.3, 0.4) is 0 Å². The smallest absolute Gasteiger partial charge is 0.176 e. The Morgan fingerprint density at radius 2 is 1.95 bits per heavy atom. The second-order valence-electron chi connectivity index (χ2n) is 5.08. The lowest BCUT2D eigenvalue weighted by Gasteiger charge is -2.32. The lowest BCUT2D eigenvalue weighted by atomic mass is 10.2. The largest absolute Gasteiger partial charge is 0.372 e. The average molecular weight is 257 g/mol. The van der Waals surface area contributed by atoms with Gasteiger partial charge >= 0.3 is 0 Å². The summed E-state index contributed by atoms with van der Waals surface area (Å²) in [5.41, 5.74) is 0.572. The first-order valence-electron chi connectivity index (χ1n) is 6.53. The van der Waals surface area contributed by atoms with Gasteiger partial charge in [-0.25, -0.2) is 4.98 Å². The van der Waals surface area contributed by atoms with Crippen LogP contribution in [-0.2, 0) is 11.3 Å². The van der Waals surface area contributed by atoms with Gasteiger partial charge in [0.25, 0.3) is 0 Å². The summed E-state index contributed by atoms with van der Waals surface area (Å²) < 4.78 is 7.55. The van der Waals surface area contributed by atoms with Crippen LogP contribution in [0.25, 0.3) is 0 Å². The summed E-state index contributed by atoms with van der Waals surface area (Å²) in [5.74, 6) is 0. The summed E-state index contributed by atoms with van der Waals surface area (Å²) >= 11 is 0. The lowest BCUT2D eigenvalue weighted by Crippen LogP contribution is -2.43. The molecule has 3 rings (SSSR count). The molecule has 1 aromatic heterocycles. The van der Waals surface area contributed by atoms with Crippen LogP contribution in [0.4, 0.5) is 0 Å².